The summed E-state index contributed by atoms with van der Waals surface area (Å²) in [5.41, 5.74) is 5.88. The Balaban J connectivity index is 0.951. The average Bonchev–Trinajstić information content (AvgIpc) is 4.10. The highest BCUT2D eigenvalue weighted by atomic mass is 16.5. The molecule has 14 heteroatoms. The van der Waals surface area contributed by atoms with Gasteiger partial charge in [0.05, 0.1) is 50.1 Å². The van der Waals surface area contributed by atoms with Crippen molar-refractivity contribution < 1.29 is 28.7 Å². The monoisotopic (exact) mass is 790 g/mol. The summed E-state index contributed by atoms with van der Waals surface area (Å²) in [5.74, 6) is 1.78. The van der Waals surface area contributed by atoms with Gasteiger partial charge in [-0.15, -0.1) is 0 Å². The highest BCUT2D eigenvalue weighted by Crippen LogP contribution is 2.51. The summed E-state index contributed by atoms with van der Waals surface area (Å²) in [5, 5.41) is 5.51. The van der Waals surface area contributed by atoms with Gasteiger partial charge in [-0.3, -0.25) is 9.59 Å². The molecule has 8 atom stereocenters. The third-order valence-electron chi connectivity index (χ3n) is 12.9. The van der Waals surface area contributed by atoms with E-state index in [4.69, 9.17) is 19.4 Å². The van der Waals surface area contributed by atoms with Crippen LogP contribution in [0.2, 0.25) is 0 Å². The molecule has 4 N–H and O–H groups in total. The maximum atomic E-state index is 13.9. The maximum Gasteiger partial charge on any atom is 0.407 e. The van der Waals surface area contributed by atoms with Gasteiger partial charge in [0.15, 0.2) is 0 Å². The van der Waals surface area contributed by atoms with Gasteiger partial charge in [0.25, 0.3) is 0 Å². The first-order valence-electron chi connectivity index (χ1n) is 20.6. The third-order valence-corrected chi connectivity index (χ3v) is 12.9. The lowest BCUT2D eigenvalue weighted by atomic mass is 9.95. The van der Waals surface area contributed by atoms with Crippen LogP contribution in [-0.4, -0.2) is 92.1 Å². The molecule has 0 spiro atoms. The van der Waals surface area contributed by atoms with E-state index in [9.17, 15) is 19.2 Å². The molecule has 0 unspecified atom stereocenters. The van der Waals surface area contributed by atoms with Crippen LogP contribution in [0.25, 0.3) is 33.6 Å². The molecule has 0 radical (unpaired) electrons. The number of ether oxygens (including phenoxy) is 2. The van der Waals surface area contributed by atoms with E-state index in [0.717, 1.165) is 83.8 Å². The fourth-order valence-electron chi connectivity index (χ4n) is 9.99. The number of benzene rings is 2. The second-order valence-corrected chi connectivity index (χ2v) is 17.1. The Morgan fingerprint density at radius 1 is 0.603 bits per heavy atom. The number of methoxy groups -OCH3 is 2. The number of hydrogen-bond acceptors (Lipinski definition) is 8. The molecule has 2 aliphatic carbocycles. The molecule has 2 aromatic heterocycles. The van der Waals surface area contributed by atoms with Gasteiger partial charge in [-0.25, -0.2) is 19.6 Å². The lowest BCUT2D eigenvalue weighted by Crippen LogP contribution is -2.54. The first-order valence-corrected chi connectivity index (χ1v) is 20.6. The number of carbonyl (C=O) groups is 4. The van der Waals surface area contributed by atoms with Crippen LogP contribution in [0.1, 0.15) is 90.0 Å². The number of aromatic nitrogens is 4. The van der Waals surface area contributed by atoms with Crippen molar-refractivity contribution in [3.05, 3.63) is 72.6 Å². The first kappa shape index (κ1) is 39.2. The molecule has 58 heavy (non-hydrogen) atoms. The molecule has 306 valence electrons. The van der Waals surface area contributed by atoms with Crippen LogP contribution in [0, 0.1) is 23.7 Å². The van der Waals surface area contributed by atoms with Crippen LogP contribution in [0.5, 0.6) is 0 Å². The van der Waals surface area contributed by atoms with Crippen molar-refractivity contribution in [3.63, 3.8) is 0 Å². The van der Waals surface area contributed by atoms with Crippen LogP contribution in [-0.2, 0) is 19.1 Å². The molecule has 4 bridgehead atoms. The van der Waals surface area contributed by atoms with Crippen molar-refractivity contribution in [2.24, 2.45) is 23.7 Å². The Hall–Kier alpha value is -5.66. The molecule has 4 aromatic rings. The third kappa shape index (κ3) is 7.21. The maximum absolute atomic E-state index is 13.9. The first-order chi connectivity index (χ1) is 27.9. The minimum atomic E-state index is -0.681. The summed E-state index contributed by atoms with van der Waals surface area (Å²) >= 11 is 0. The summed E-state index contributed by atoms with van der Waals surface area (Å²) in [6.45, 7) is 7.71. The van der Waals surface area contributed by atoms with Gasteiger partial charge in [0.1, 0.15) is 23.7 Å². The number of piperidine rings is 2. The van der Waals surface area contributed by atoms with Crippen molar-refractivity contribution >= 4 is 24.0 Å². The summed E-state index contributed by atoms with van der Waals surface area (Å²) in [6, 6.07) is 15.2. The second-order valence-electron chi connectivity index (χ2n) is 17.1. The molecule has 2 aliphatic heterocycles. The molecule has 4 fully saturated rings. The van der Waals surface area contributed by atoms with Gasteiger partial charge in [0, 0.05) is 12.1 Å². The summed E-state index contributed by atoms with van der Waals surface area (Å²) < 4.78 is 9.64. The highest BCUT2D eigenvalue weighted by molar-refractivity contribution is 5.88. The number of H-pyrrole nitrogens is 2. The zero-order chi connectivity index (χ0) is 40.8. The van der Waals surface area contributed by atoms with Gasteiger partial charge in [-0.2, -0.15) is 0 Å². The van der Waals surface area contributed by atoms with Crippen molar-refractivity contribution in [1.29, 1.82) is 0 Å². The SMILES string of the molecule is COC(=O)N[C@H](C(=O)N1[C@@H]2CC[C@@H](C2)[C@H]1c1ncc(-c2ccc(-c3ccc(-c4cnc([C@@H]5[C@H]6CC[C@H](C6)N5C(=O)[C@@H](NC(=O)OC)C(C)C)[nH]4)cc3)cc2)[nH]1)C(C)C. The van der Waals surface area contributed by atoms with Crippen LogP contribution in [0.4, 0.5) is 9.59 Å². The highest BCUT2D eigenvalue weighted by Gasteiger charge is 2.53. The zero-order valence-corrected chi connectivity index (χ0v) is 34.0. The number of fused-ring (bicyclic) bond motifs is 4. The van der Waals surface area contributed by atoms with Crippen LogP contribution >= 0.6 is 0 Å². The van der Waals surface area contributed by atoms with E-state index in [1.807, 2.05) is 49.9 Å². The lowest BCUT2D eigenvalue weighted by molar-refractivity contribution is -0.140. The number of imidazole rings is 2. The van der Waals surface area contributed by atoms with Crippen LogP contribution in [0.3, 0.4) is 0 Å². The Kier molecular flexibility index (Phi) is 10.8. The van der Waals surface area contributed by atoms with E-state index in [1.54, 1.807) is 0 Å². The van der Waals surface area contributed by atoms with Crippen molar-refractivity contribution in [1.82, 2.24) is 40.4 Å². The Morgan fingerprint density at radius 2 is 0.966 bits per heavy atom. The van der Waals surface area contributed by atoms with E-state index in [1.165, 1.54) is 14.2 Å². The van der Waals surface area contributed by atoms with Gasteiger partial charge in [0.2, 0.25) is 11.8 Å². The fourth-order valence-corrected chi connectivity index (χ4v) is 9.99. The number of hydrogen-bond donors (Lipinski definition) is 4. The van der Waals surface area contributed by atoms with Crippen molar-refractivity contribution in [2.75, 3.05) is 14.2 Å². The van der Waals surface area contributed by atoms with E-state index >= 15 is 0 Å². The van der Waals surface area contributed by atoms with Gasteiger partial charge in [-0.1, -0.05) is 76.2 Å². The van der Waals surface area contributed by atoms with Crippen molar-refractivity contribution in [2.45, 2.75) is 102 Å². The number of rotatable bonds is 11. The number of nitrogens with one attached hydrogen (secondary N) is 4. The number of carbonyl (C=O) groups excluding carboxylic acids is 4. The molecule has 8 rings (SSSR count). The predicted octanol–water partition coefficient (Wildman–Crippen LogP) is 7.00. The molecule has 4 heterocycles. The van der Waals surface area contributed by atoms with Gasteiger partial charge < -0.3 is 39.9 Å². The number of amides is 4. The largest absolute Gasteiger partial charge is 0.453 e. The normalized spacial score (nSPS) is 24.3. The minimum Gasteiger partial charge on any atom is -0.453 e. The fraction of sp³-hybridized carbons (Fsp3) is 0.500. The average molecular weight is 791 g/mol. The molecule has 2 aromatic carbocycles. The second kappa shape index (κ2) is 15.9. The molecule has 14 nitrogen and oxygen atoms in total. The molecule has 2 saturated heterocycles. The number of alkyl carbamates (subject to hydrolysis) is 2. The summed E-state index contributed by atoms with van der Waals surface area (Å²) in [4.78, 5) is 72.7. The topological polar surface area (TPSA) is 175 Å². The van der Waals surface area contributed by atoms with E-state index in [2.05, 4.69) is 69.1 Å². The van der Waals surface area contributed by atoms with Gasteiger partial charge in [-0.05, 0) is 84.5 Å². The summed E-state index contributed by atoms with van der Waals surface area (Å²) in [6.07, 6.45) is 8.31. The Labute approximate surface area is 338 Å². The number of likely N-dealkylation sites (tertiary alicyclic amines) is 2. The molecule has 2 saturated carbocycles. The van der Waals surface area contributed by atoms with E-state index < -0.39 is 24.3 Å². The summed E-state index contributed by atoms with van der Waals surface area (Å²) in [7, 11) is 2.61. The molecule has 4 aliphatic rings. The predicted molar refractivity (Wildman–Crippen MR) is 217 cm³/mol. The lowest BCUT2D eigenvalue weighted by Gasteiger charge is -2.37. The number of aromatic amines is 2. The molecule has 4 amide bonds. The molecular weight excluding hydrogens is 737 g/mol. The van der Waals surface area contributed by atoms with E-state index in [-0.39, 0.29) is 47.8 Å². The van der Waals surface area contributed by atoms with Gasteiger partial charge >= 0.3 is 12.2 Å². The minimum absolute atomic E-state index is 0.0933. The van der Waals surface area contributed by atoms with Crippen LogP contribution in [0.15, 0.2) is 60.9 Å². The van der Waals surface area contributed by atoms with E-state index in [0.29, 0.717) is 11.8 Å². The zero-order valence-electron chi connectivity index (χ0n) is 34.0. The standard InChI is InChI=1S/C44H54N8O6/c1-23(2)35(49-43(55)57-5)41(53)51-31-17-15-29(19-31)37(51)39-45-21-33(47-39)27-11-7-25(8-12-27)26-9-13-28(14-10-26)34-22-46-40(48-34)38-30-16-18-32(20-30)52(38)42(54)36(24(3)4)50-44(56)58-6/h7-14,21-24,29-32,35-38H,15-20H2,1-6H3,(H,45,47)(H,46,48)(H,49,55)(H,50,56)/t29-,30-,31+,32+,35-,36-,37-,38-/m0/s1. The van der Waals surface area contributed by atoms with Crippen LogP contribution < -0.4 is 10.6 Å². The molecular formula is C44H54N8O6. The Bertz CT molecular complexity index is 1990. The smallest absolute Gasteiger partial charge is 0.407 e. The van der Waals surface area contributed by atoms with Crippen molar-refractivity contribution in [3.8, 4) is 33.6 Å². The Morgan fingerprint density at radius 3 is 1.31 bits per heavy atom. The quantitative estimate of drug-likeness (QED) is 0.126. The number of nitrogens with zero attached hydrogens (tertiary/aromatic N) is 4.